The van der Waals surface area contributed by atoms with Crippen molar-refractivity contribution in [1.29, 1.82) is 0 Å². The number of methoxy groups -OCH3 is 1. The molecule has 0 spiro atoms. The lowest BCUT2D eigenvalue weighted by Gasteiger charge is -2.11. The Labute approximate surface area is 186 Å². The van der Waals surface area contributed by atoms with Crippen LogP contribution in [0, 0.1) is 13.8 Å². The Morgan fingerprint density at radius 2 is 1.72 bits per heavy atom. The first-order valence-corrected chi connectivity index (χ1v) is 10.3. The highest BCUT2D eigenvalue weighted by atomic mass is 16.5. The van der Waals surface area contributed by atoms with Crippen molar-refractivity contribution in [3.63, 3.8) is 0 Å². The molecule has 4 aromatic rings. The van der Waals surface area contributed by atoms with Gasteiger partial charge in [0.15, 0.2) is 6.61 Å². The number of hydrogen-bond acceptors (Lipinski definition) is 6. The number of benzene rings is 2. The summed E-state index contributed by atoms with van der Waals surface area (Å²) in [6, 6.07) is 17.3. The zero-order valence-corrected chi connectivity index (χ0v) is 18.4. The van der Waals surface area contributed by atoms with E-state index in [1.165, 1.54) is 11.9 Å². The molecule has 0 amide bonds. The molecule has 2 heterocycles. The van der Waals surface area contributed by atoms with Crippen molar-refractivity contribution in [2.24, 2.45) is 0 Å². The van der Waals surface area contributed by atoms with E-state index in [0.717, 1.165) is 35.8 Å². The fourth-order valence-electron chi connectivity index (χ4n) is 3.66. The van der Waals surface area contributed by atoms with Gasteiger partial charge in [-0.25, -0.2) is 4.68 Å². The summed E-state index contributed by atoms with van der Waals surface area (Å²) in [7, 11) is 1.66. The van der Waals surface area contributed by atoms with E-state index in [1.807, 2.05) is 44.2 Å². The Morgan fingerprint density at radius 3 is 2.38 bits per heavy atom. The van der Waals surface area contributed by atoms with Crippen molar-refractivity contribution in [1.82, 2.24) is 24.8 Å². The molecule has 164 valence electrons. The predicted octanol–water partition coefficient (Wildman–Crippen LogP) is 3.59. The number of ether oxygens (including phenoxy) is 2. The largest absolute Gasteiger partial charge is 0.497 e. The van der Waals surface area contributed by atoms with Crippen LogP contribution in [0.1, 0.15) is 27.3 Å². The summed E-state index contributed by atoms with van der Waals surface area (Å²) in [6.07, 6.45) is 2.39. The van der Waals surface area contributed by atoms with Gasteiger partial charge in [0.05, 0.1) is 12.8 Å². The number of rotatable bonds is 9. The average Bonchev–Trinajstić information content (AvgIpc) is 3.45. The van der Waals surface area contributed by atoms with E-state index in [-0.39, 0.29) is 12.4 Å². The van der Waals surface area contributed by atoms with Gasteiger partial charge in [-0.1, -0.05) is 12.1 Å². The molecule has 8 heteroatoms. The predicted molar refractivity (Wildman–Crippen MR) is 120 cm³/mol. The zero-order valence-electron chi connectivity index (χ0n) is 18.4. The van der Waals surface area contributed by atoms with Crippen LogP contribution in [0.5, 0.6) is 11.5 Å². The van der Waals surface area contributed by atoms with Crippen molar-refractivity contribution in [3.8, 4) is 17.2 Å². The molecule has 0 aliphatic rings. The average molecular weight is 431 g/mol. The quantitative estimate of drug-likeness (QED) is 0.377. The topological polar surface area (TPSA) is 84.1 Å². The number of tetrazole rings is 1. The molecule has 8 nitrogen and oxygen atoms in total. The van der Waals surface area contributed by atoms with Crippen molar-refractivity contribution < 1.29 is 14.3 Å². The Hall–Kier alpha value is -3.94. The van der Waals surface area contributed by atoms with Gasteiger partial charge in [0, 0.05) is 23.5 Å². The van der Waals surface area contributed by atoms with Crippen molar-refractivity contribution >= 4 is 5.78 Å². The van der Waals surface area contributed by atoms with Crippen LogP contribution < -0.4 is 9.47 Å². The molecule has 0 radical (unpaired) electrons. The molecule has 0 atom stereocenters. The minimum atomic E-state index is -0.0432. The van der Waals surface area contributed by atoms with Gasteiger partial charge in [-0.05, 0) is 78.7 Å². The molecular formula is C24H25N5O3. The number of aromatic nitrogens is 5. The van der Waals surface area contributed by atoms with E-state index in [2.05, 4.69) is 32.2 Å². The van der Waals surface area contributed by atoms with Gasteiger partial charge >= 0.3 is 0 Å². The maximum Gasteiger partial charge on any atom is 0.202 e. The Balaban J connectivity index is 1.37. The molecule has 4 rings (SSSR count). The van der Waals surface area contributed by atoms with E-state index in [9.17, 15) is 4.79 Å². The molecule has 2 aromatic heterocycles. The Kier molecular flexibility index (Phi) is 6.30. The fraction of sp³-hybridized carbons (Fsp3) is 0.250. The van der Waals surface area contributed by atoms with Crippen LogP contribution in [-0.4, -0.2) is 44.3 Å². The molecular weight excluding hydrogens is 406 g/mol. The Bertz CT molecular complexity index is 1180. The lowest BCUT2D eigenvalue weighted by Crippen LogP contribution is -2.13. The third-order valence-corrected chi connectivity index (χ3v) is 5.48. The van der Waals surface area contributed by atoms with Gasteiger partial charge in [0.2, 0.25) is 5.78 Å². The number of ketones is 1. The van der Waals surface area contributed by atoms with Gasteiger partial charge in [-0.2, -0.15) is 0 Å². The van der Waals surface area contributed by atoms with Gasteiger partial charge < -0.3 is 14.0 Å². The normalized spacial score (nSPS) is 10.8. The smallest absolute Gasteiger partial charge is 0.202 e. The first-order chi connectivity index (χ1) is 15.5. The molecule has 0 saturated heterocycles. The second kappa shape index (κ2) is 9.47. The molecule has 0 aliphatic carbocycles. The summed E-state index contributed by atoms with van der Waals surface area (Å²) in [4.78, 5) is 12.8. The van der Waals surface area contributed by atoms with Crippen LogP contribution in [0.2, 0.25) is 0 Å². The standard InChI is InChI=1S/C24H25N5O3/c1-17-14-23(18(2)28(17)13-12-19-4-8-21(31-3)9-5-19)24(30)15-32-22-10-6-20(7-11-22)29-16-25-26-27-29/h4-11,14,16H,12-13,15H2,1-3H3. The monoisotopic (exact) mass is 431 g/mol. The van der Waals surface area contributed by atoms with Gasteiger partial charge in [0.1, 0.15) is 17.8 Å². The summed E-state index contributed by atoms with van der Waals surface area (Å²) in [6.45, 7) is 4.79. The zero-order chi connectivity index (χ0) is 22.5. The number of carbonyl (C=O) groups excluding carboxylic acids is 1. The minimum Gasteiger partial charge on any atom is -0.497 e. The first-order valence-electron chi connectivity index (χ1n) is 10.3. The lowest BCUT2D eigenvalue weighted by molar-refractivity contribution is 0.0921. The highest BCUT2D eigenvalue weighted by molar-refractivity contribution is 5.98. The summed E-state index contributed by atoms with van der Waals surface area (Å²) < 4.78 is 14.7. The number of aryl methyl sites for hydroxylation is 2. The second-order valence-corrected chi connectivity index (χ2v) is 7.49. The van der Waals surface area contributed by atoms with Crippen molar-refractivity contribution in [2.45, 2.75) is 26.8 Å². The molecule has 0 saturated carbocycles. The van der Waals surface area contributed by atoms with Gasteiger partial charge in [-0.15, -0.1) is 5.10 Å². The van der Waals surface area contributed by atoms with Crippen LogP contribution in [0.3, 0.4) is 0 Å². The van der Waals surface area contributed by atoms with E-state index in [4.69, 9.17) is 9.47 Å². The summed E-state index contributed by atoms with van der Waals surface area (Å²) in [5, 5.41) is 11.1. The third kappa shape index (κ3) is 4.69. The summed E-state index contributed by atoms with van der Waals surface area (Å²) in [5.41, 5.74) is 4.75. The third-order valence-electron chi connectivity index (χ3n) is 5.48. The van der Waals surface area contributed by atoms with Crippen LogP contribution in [-0.2, 0) is 13.0 Å². The maximum absolute atomic E-state index is 12.8. The van der Waals surface area contributed by atoms with Crippen LogP contribution >= 0.6 is 0 Å². The lowest BCUT2D eigenvalue weighted by atomic mass is 10.1. The SMILES string of the molecule is COc1ccc(CCn2c(C)cc(C(=O)COc3ccc(-n4cnnn4)cc3)c2C)cc1. The number of hydrogen-bond donors (Lipinski definition) is 0. The van der Waals surface area contributed by atoms with Gasteiger partial charge in [-0.3, -0.25) is 4.79 Å². The summed E-state index contributed by atoms with van der Waals surface area (Å²) >= 11 is 0. The van der Waals surface area contributed by atoms with Crippen molar-refractivity contribution in [3.05, 3.63) is 83.4 Å². The molecule has 0 bridgehead atoms. The first kappa shape index (κ1) is 21.3. The van der Waals surface area contributed by atoms with Crippen molar-refractivity contribution in [2.75, 3.05) is 13.7 Å². The highest BCUT2D eigenvalue weighted by Gasteiger charge is 2.16. The van der Waals surface area contributed by atoms with Crippen LogP contribution in [0.25, 0.3) is 5.69 Å². The summed E-state index contributed by atoms with van der Waals surface area (Å²) in [5.74, 6) is 1.42. The van der Waals surface area contributed by atoms with E-state index in [0.29, 0.717) is 11.3 Å². The van der Waals surface area contributed by atoms with Crippen LogP contribution in [0.4, 0.5) is 0 Å². The number of nitrogens with zero attached hydrogens (tertiary/aromatic N) is 5. The fourth-order valence-corrected chi connectivity index (χ4v) is 3.66. The molecule has 0 unspecified atom stereocenters. The molecule has 2 aromatic carbocycles. The highest BCUT2D eigenvalue weighted by Crippen LogP contribution is 2.19. The molecule has 32 heavy (non-hydrogen) atoms. The van der Waals surface area contributed by atoms with Crippen LogP contribution in [0.15, 0.2) is 60.9 Å². The number of Topliss-reactive ketones (excluding diaryl/α,β-unsaturated/α-hetero) is 1. The minimum absolute atomic E-state index is 0.0208. The van der Waals surface area contributed by atoms with E-state index >= 15 is 0 Å². The van der Waals surface area contributed by atoms with E-state index < -0.39 is 0 Å². The second-order valence-electron chi connectivity index (χ2n) is 7.49. The van der Waals surface area contributed by atoms with E-state index in [1.54, 1.807) is 23.9 Å². The number of carbonyl (C=O) groups is 1. The molecule has 0 aliphatic heterocycles. The maximum atomic E-state index is 12.8. The molecule has 0 fully saturated rings. The van der Waals surface area contributed by atoms with Gasteiger partial charge in [0.25, 0.3) is 0 Å². The Morgan fingerprint density at radius 1 is 1.00 bits per heavy atom. The molecule has 0 N–H and O–H groups in total.